The number of rotatable bonds is 7. The van der Waals surface area contributed by atoms with Gasteiger partial charge in [0.1, 0.15) is 6.17 Å². The van der Waals surface area contributed by atoms with Crippen LogP contribution in [-0.2, 0) is 0 Å². The fourth-order valence-electron chi connectivity index (χ4n) is 10.9. The van der Waals surface area contributed by atoms with E-state index in [1.54, 1.807) is 0 Å². The van der Waals surface area contributed by atoms with E-state index in [1.165, 1.54) is 99.4 Å². The van der Waals surface area contributed by atoms with Crippen LogP contribution >= 0.6 is 0 Å². The van der Waals surface area contributed by atoms with Gasteiger partial charge in [0.15, 0.2) is 0 Å². The van der Waals surface area contributed by atoms with Crippen molar-refractivity contribution in [3.63, 3.8) is 0 Å². The summed E-state index contributed by atoms with van der Waals surface area (Å²) in [5.41, 5.74) is 17.4. The minimum absolute atomic E-state index is 0.198. The van der Waals surface area contributed by atoms with Crippen molar-refractivity contribution in [1.82, 2.24) is 14.0 Å². The Bertz CT molecular complexity index is 3560. The van der Waals surface area contributed by atoms with E-state index in [4.69, 9.17) is 0 Å². The zero-order valence-electron chi connectivity index (χ0n) is 35.4. The Balaban J connectivity index is 0.881. The Kier molecular flexibility index (Phi) is 8.63. The molecule has 2 aromatic heterocycles. The van der Waals surface area contributed by atoms with Gasteiger partial charge in [-0.15, -0.1) is 0 Å². The zero-order valence-corrected chi connectivity index (χ0v) is 35.4. The fourth-order valence-corrected chi connectivity index (χ4v) is 10.9. The van der Waals surface area contributed by atoms with Crippen LogP contribution in [0.25, 0.3) is 93.8 Å². The summed E-state index contributed by atoms with van der Waals surface area (Å²) in [7, 11) is 0. The lowest BCUT2D eigenvalue weighted by molar-refractivity contribution is 0.393. The second-order valence-electron chi connectivity index (χ2n) is 17.6. The van der Waals surface area contributed by atoms with E-state index in [9.17, 15) is 0 Å². The molecule has 3 heteroatoms. The molecule has 64 heavy (non-hydrogen) atoms. The summed E-state index contributed by atoms with van der Waals surface area (Å²) < 4.78 is 5.06. The van der Waals surface area contributed by atoms with Crippen LogP contribution in [0.5, 0.6) is 0 Å². The Morgan fingerprint density at radius 1 is 0.359 bits per heavy atom. The fraction of sp³-hybridized carbons (Fsp3) is 0.0820. The highest BCUT2D eigenvalue weighted by molar-refractivity contribution is 6.13. The van der Waals surface area contributed by atoms with E-state index in [1.807, 2.05) is 0 Å². The van der Waals surface area contributed by atoms with Crippen molar-refractivity contribution in [2.75, 3.05) is 0 Å². The number of nitrogens with zero attached hydrogens (tertiary/aromatic N) is 3. The third kappa shape index (κ3) is 6.07. The average molecular weight is 820 g/mol. The van der Waals surface area contributed by atoms with Gasteiger partial charge in [-0.05, 0) is 124 Å². The summed E-state index contributed by atoms with van der Waals surface area (Å²) in [4.78, 5) is 2.75. The summed E-state index contributed by atoms with van der Waals surface area (Å²) in [6.07, 6.45) is 7.37. The number of hydrogen-bond acceptors (Lipinski definition) is 1. The van der Waals surface area contributed by atoms with Crippen molar-refractivity contribution < 1.29 is 0 Å². The molecule has 9 aromatic carbocycles. The molecule has 11 aromatic rings. The van der Waals surface area contributed by atoms with Gasteiger partial charge in [-0.25, -0.2) is 0 Å². The molecule has 2 aliphatic heterocycles. The maximum Gasteiger partial charge on any atom is 0.104 e. The maximum atomic E-state index is 2.75. The quantitative estimate of drug-likeness (QED) is 0.115. The third-order valence-electron chi connectivity index (χ3n) is 14.0. The second kappa shape index (κ2) is 15.0. The van der Waals surface area contributed by atoms with Gasteiger partial charge in [0.2, 0.25) is 0 Å². The molecule has 304 valence electrons. The molecule has 3 nitrogen and oxygen atoms in total. The van der Waals surface area contributed by atoms with Crippen molar-refractivity contribution in [3.8, 4) is 50.2 Å². The Morgan fingerprint density at radius 2 is 0.828 bits per heavy atom. The van der Waals surface area contributed by atoms with Gasteiger partial charge in [0, 0.05) is 33.3 Å². The number of fused-ring (bicyclic) bond motifs is 7. The Morgan fingerprint density at radius 3 is 1.50 bits per heavy atom. The number of benzene rings is 9. The van der Waals surface area contributed by atoms with Gasteiger partial charge in [-0.2, -0.15) is 0 Å². The summed E-state index contributed by atoms with van der Waals surface area (Å²) in [6, 6.07) is 81.2. The first kappa shape index (κ1) is 36.9. The molecule has 2 aliphatic rings. The van der Waals surface area contributed by atoms with E-state index in [-0.39, 0.29) is 12.2 Å². The highest BCUT2D eigenvalue weighted by Crippen LogP contribution is 2.53. The van der Waals surface area contributed by atoms with Crippen LogP contribution in [0.4, 0.5) is 0 Å². The molecule has 0 bridgehead atoms. The maximum absolute atomic E-state index is 2.75. The topological polar surface area (TPSA) is 12.9 Å². The molecule has 1 fully saturated rings. The summed E-state index contributed by atoms with van der Waals surface area (Å²) in [6.45, 7) is 0. The van der Waals surface area contributed by atoms with Crippen LogP contribution in [0.3, 0.4) is 0 Å². The van der Waals surface area contributed by atoms with Crippen LogP contribution in [0.1, 0.15) is 30.6 Å². The van der Waals surface area contributed by atoms with Crippen LogP contribution < -0.4 is 0 Å². The monoisotopic (exact) mass is 819 g/mol. The normalized spacial score (nSPS) is 18.1. The molecule has 0 N–H and O–H groups in total. The summed E-state index contributed by atoms with van der Waals surface area (Å²) in [5, 5.41) is 5.14. The van der Waals surface area contributed by atoms with Crippen LogP contribution in [0.15, 0.2) is 231 Å². The molecule has 0 amide bonds. The second-order valence-corrected chi connectivity index (χ2v) is 17.6. The minimum Gasteiger partial charge on any atom is -0.322 e. The minimum atomic E-state index is 0.198. The predicted molar refractivity (Wildman–Crippen MR) is 268 cm³/mol. The Labute approximate surface area is 373 Å². The number of para-hydroxylation sites is 2. The molecule has 4 heterocycles. The summed E-state index contributed by atoms with van der Waals surface area (Å²) in [5.74, 6) is 0. The molecule has 0 radical (unpaired) electrons. The first-order valence-corrected chi connectivity index (χ1v) is 22.7. The number of aromatic nitrogens is 2. The zero-order chi connectivity index (χ0) is 42.1. The first-order valence-electron chi connectivity index (χ1n) is 22.7. The SMILES string of the molecule is C1=CC(c2cccc(-c3ccc(-c4ccccc4)cc3)c2)N2C(n3c4ccccc4c4cc(-c5ccc6c(c5)c5cc(-c7ccccc7)ccc5n6-c5ccccc5)ccc43)[C@@H]2CC1. The lowest BCUT2D eigenvalue weighted by Gasteiger charge is -2.18. The van der Waals surface area contributed by atoms with Crippen molar-refractivity contribution in [2.24, 2.45) is 0 Å². The van der Waals surface area contributed by atoms with E-state index in [2.05, 4.69) is 245 Å². The molecule has 0 spiro atoms. The molecule has 3 unspecified atom stereocenters. The lowest BCUT2D eigenvalue weighted by Crippen LogP contribution is -2.11. The Hall–Kier alpha value is -7.72. The highest BCUT2D eigenvalue weighted by Gasteiger charge is 2.53. The van der Waals surface area contributed by atoms with E-state index in [0.717, 1.165) is 12.8 Å². The van der Waals surface area contributed by atoms with Crippen molar-refractivity contribution in [2.45, 2.75) is 31.1 Å². The van der Waals surface area contributed by atoms with Crippen molar-refractivity contribution in [1.29, 1.82) is 0 Å². The smallest absolute Gasteiger partial charge is 0.104 e. The first-order chi connectivity index (χ1) is 31.7. The summed E-state index contributed by atoms with van der Waals surface area (Å²) >= 11 is 0. The molecule has 0 aliphatic carbocycles. The number of hydrogen-bond donors (Lipinski definition) is 0. The largest absolute Gasteiger partial charge is 0.322 e. The highest BCUT2D eigenvalue weighted by atomic mass is 15.5. The van der Waals surface area contributed by atoms with E-state index in [0.29, 0.717) is 6.04 Å². The van der Waals surface area contributed by atoms with Crippen LogP contribution in [0, 0.1) is 0 Å². The third-order valence-corrected chi connectivity index (χ3v) is 14.0. The molecular formula is C61H45N3. The van der Waals surface area contributed by atoms with Gasteiger partial charge >= 0.3 is 0 Å². The molecule has 0 saturated carbocycles. The predicted octanol–water partition coefficient (Wildman–Crippen LogP) is 15.8. The van der Waals surface area contributed by atoms with Crippen molar-refractivity contribution >= 4 is 43.6 Å². The van der Waals surface area contributed by atoms with Gasteiger partial charge in [0.25, 0.3) is 0 Å². The molecule has 13 rings (SSSR count). The van der Waals surface area contributed by atoms with Crippen LogP contribution in [0.2, 0.25) is 0 Å². The van der Waals surface area contributed by atoms with Gasteiger partial charge in [-0.3, -0.25) is 4.90 Å². The van der Waals surface area contributed by atoms with Gasteiger partial charge in [0.05, 0.1) is 28.1 Å². The van der Waals surface area contributed by atoms with E-state index >= 15 is 0 Å². The number of allylic oxidation sites excluding steroid dienone is 1. The van der Waals surface area contributed by atoms with Gasteiger partial charge in [-0.1, -0.05) is 170 Å². The van der Waals surface area contributed by atoms with Crippen LogP contribution in [-0.4, -0.2) is 20.1 Å². The molecular weight excluding hydrogens is 775 g/mol. The van der Waals surface area contributed by atoms with Gasteiger partial charge < -0.3 is 9.13 Å². The lowest BCUT2D eigenvalue weighted by atomic mass is 9.97. The standard InChI is InChI=1S/C61H45N3/c1-4-15-41(16-5-1)43-27-29-44(30-28-43)45-19-14-20-49(37-45)55-24-12-13-26-60-61(63(55)60)64-56-25-11-10-23-51(56)52-39-47(33-36-59(52)64)48-32-35-58-54(40-48)53-38-46(42-17-6-2-7-18-42)31-34-57(53)62(58)50-21-8-3-9-22-50/h1-12,14-25,27-40,55,60-61H,13,26H2/t55?,60-,61?,63?/m0/s1. The van der Waals surface area contributed by atoms with E-state index < -0.39 is 0 Å². The molecule has 4 atom stereocenters. The average Bonchev–Trinajstić information content (AvgIpc) is 3.91. The van der Waals surface area contributed by atoms with Crippen molar-refractivity contribution in [3.05, 3.63) is 236 Å². The molecule has 1 saturated heterocycles.